The second-order valence-corrected chi connectivity index (χ2v) is 6.91. The van der Waals surface area contributed by atoms with Crippen LogP contribution in [0.15, 0.2) is 46.9 Å². The van der Waals surface area contributed by atoms with Crippen LogP contribution in [0.25, 0.3) is 11.5 Å². The van der Waals surface area contributed by atoms with E-state index in [0.717, 1.165) is 30.6 Å². The number of hydrogen-bond acceptors (Lipinski definition) is 6. The second kappa shape index (κ2) is 7.84. The van der Waals surface area contributed by atoms with Crippen molar-refractivity contribution in [3.05, 3.63) is 65.0 Å². The molecular formula is C22H22N2O4. The zero-order chi connectivity index (χ0) is 19.5. The van der Waals surface area contributed by atoms with Gasteiger partial charge in [0.2, 0.25) is 5.89 Å². The van der Waals surface area contributed by atoms with Crippen molar-refractivity contribution in [3.63, 3.8) is 0 Å². The van der Waals surface area contributed by atoms with Crippen molar-refractivity contribution in [2.75, 3.05) is 7.11 Å². The lowest BCUT2D eigenvalue weighted by atomic mass is 9.90. The van der Waals surface area contributed by atoms with E-state index in [1.165, 1.54) is 17.5 Å². The highest BCUT2D eigenvalue weighted by molar-refractivity contribution is 5.89. The summed E-state index contributed by atoms with van der Waals surface area (Å²) in [6.45, 7) is 1.72. The molecular weight excluding hydrogens is 356 g/mol. The Morgan fingerprint density at radius 2 is 1.79 bits per heavy atom. The SMILES string of the molecule is COc1ccc(-c2nnc([C@@H](C)OC(=O)c3ccc4c(c3)CCCC4)o2)cc1. The highest BCUT2D eigenvalue weighted by Gasteiger charge is 2.21. The van der Waals surface area contributed by atoms with Crippen LogP contribution >= 0.6 is 0 Å². The van der Waals surface area contributed by atoms with Gasteiger partial charge in [-0.1, -0.05) is 6.07 Å². The highest BCUT2D eigenvalue weighted by atomic mass is 16.6. The minimum atomic E-state index is -0.636. The third-order valence-electron chi connectivity index (χ3n) is 4.99. The van der Waals surface area contributed by atoms with Crippen LogP contribution in [0.5, 0.6) is 5.75 Å². The first-order valence-corrected chi connectivity index (χ1v) is 9.44. The zero-order valence-electron chi connectivity index (χ0n) is 16.0. The minimum absolute atomic E-state index is 0.261. The molecule has 2 aromatic carbocycles. The lowest BCUT2D eigenvalue weighted by Gasteiger charge is -2.16. The first kappa shape index (κ1) is 18.2. The van der Waals surface area contributed by atoms with Crippen molar-refractivity contribution in [3.8, 4) is 17.2 Å². The van der Waals surface area contributed by atoms with E-state index in [1.807, 2.05) is 42.5 Å². The minimum Gasteiger partial charge on any atom is -0.497 e. The molecule has 0 aliphatic heterocycles. The molecule has 0 amide bonds. The number of carbonyl (C=O) groups is 1. The normalized spacial score (nSPS) is 14.2. The van der Waals surface area contributed by atoms with E-state index in [1.54, 1.807) is 14.0 Å². The Kier molecular flexibility index (Phi) is 5.10. The molecule has 0 saturated heterocycles. The van der Waals surface area contributed by atoms with Crippen LogP contribution in [0.4, 0.5) is 0 Å². The van der Waals surface area contributed by atoms with Gasteiger partial charge in [-0.25, -0.2) is 4.79 Å². The number of aromatic nitrogens is 2. The van der Waals surface area contributed by atoms with E-state index in [-0.39, 0.29) is 11.9 Å². The smallest absolute Gasteiger partial charge is 0.338 e. The number of esters is 1. The molecule has 0 radical (unpaired) electrons. The average Bonchev–Trinajstić information content (AvgIpc) is 3.24. The zero-order valence-corrected chi connectivity index (χ0v) is 16.0. The molecule has 0 bridgehead atoms. The standard InChI is InChI=1S/C22H22N2O4/c1-14(20-23-24-21(28-20)16-9-11-19(26-2)12-10-16)27-22(25)18-8-7-15-5-3-4-6-17(15)13-18/h7-14H,3-6H2,1-2H3/t14-/m1/s1. The Morgan fingerprint density at radius 3 is 2.54 bits per heavy atom. The van der Waals surface area contributed by atoms with Gasteiger partial charge in [0.15, 0.2) is 6.10 Å². The van der Waals surface area contributed by atoms with Gasteiger partial charge in [-0.15, -0.1) is 10.2 Å². The van der Waals surface area contributed by atoms with Gasteiger partial charge in [0.1, 0.15) is 5.75 Å². The molecule has 144 valence electrons. The van der Waals surface area contributed by atoms with Crippen molar-refractivity contribution in [1.82, 2.24) is 10.2 Å². The van der Waals surface area contributed by atoms with Crippen molar-refractivity contribution in [1.29, 1.82) is 0 Å². The second-order valence-electron chi connectivity index (χ2n) is 6.91. The number of carbonyl (C=O) groups excluding carboxylic acids is 1. The predicted molar refractivity (Wildman–Crippen MR) is 103 cm³/mol. The van der Waals surface area contributed by atoms with Crippen molar-refractivity contribution in [2.45, 2.75) is 38.7 Å². The van der Waals surface area contributed by atoms with E-state index < -0.39 is 6.10 Å². The molecule has 1 aliphatic carbocycles. The summed E-state index contributed by atoms with van der Waals surface area (Å²) < 4.78 is 16.4. The van der Waals surface area contributed by atoms with Crippen LogP contribution in [0.1, 0.15) is 53.2 Å². The van der Waals surface area contributed by atoms with Crippen LogP contribution in [-0.4, -0.2) is 23.3 Å². The van der Waals surface area contributed by atoms with E-state index in [2.05, 4.69) is 10.2 Å². The Labute approximate surface area is 163 Å². The summed E-state index contributed by atoms with van der Waals surface area (Å²) in [5, 5.41) is 8.08. The van der Waals surface area contributed by atoms with Gasteiger partial charge in [-0.3, -0.25) is 0 Å². The van der Waals surface area contributed by atoms with E-state index in [0.29, 0.717) is 11.5 Å². The topological polar surface area (TPSA) is 74.5 Å². The summed E-state index contributed by atoms with van der Waals surface area (Å²) in [5.41, 5.74) is 3.90. The molecule has 1 atom stereocenters. The van der Waals surface area contributed by atoms with E-state index >= 15 is 0 Å². The van der Waals surface area contributed by atoms with Gasteiger partial charge >= 0.3 is 5.97 Å². The molecule has 0 N–H and O–H groups in total. The van der Waals surface area contributed by atoms with E-state index in [4.69, 9.17) is 13.9 Å². The summed E-state index contributed by atoms with van der Waals surface area (Å²) in [6, 6.07) is 13.1. The fourth-order valence-corrected chi connectivity index (χ4v) is 3.39. The number of nitrogens with zero attached hydrogens (tertiary/aromatic N) is 2. The Morgan fingerprint density at radius 1 is 1.04 bits per heavy atom. The van der Waals surface area contributed by atoms with Gasteiger partial charge in [-0.05, 0) is 80.1 Å². The highest BCUT2D eigenvalue weighted by Crippen LogP contribution is 2.26. The Bertz CT molecular complexity index is 978. The molecule has 1 heterocycles. The summed E-state index contributed by atoms with van der Waals surface area (Å²) >= 11 is 0. The van der Waals surface area contributed by atoms with E-state index in [9.17, 15) is 4.79 Å². The Hall–Kier alpha value is -3.15. The first-order valence-electron chi connectivity index (χ1n) is 9.44. The maximum atomic E-state index is 12.5. The van der Waals surface area contributed by atoms with Crippen LogP contribution in [0.3, 0.4) is 0 Å². The molecule has 4 rings (SSSR count). The number of benzene rings is 2. The third-order valence-corrected chi connectivity index (χ3v) is 4.99. The van der Waals surface area contributed by atoms with Crippen molar-refractivity contribution in [2.24, 2.45) is 0 Å². The first-order chi connectivity index (χ1) is 13.6. The largest absolute Gasteiger partial charge is 0.497 e. The van der Waals surface area contributed by atoms with Gasteiger partial charge in [-0.2, -0.15) is 0 Å². The van der Waals surface area contributed by atoms with Crippen molar-refractivity contribution >= 4 is 5.97 Å². The van der Waals surface area contributed by atoms with Crippen LogP contribution in [0.2, 0.25) is 0 Å². The maximum Gasteiger partial charge on any atom is 0.338 e. The number of ether oxygens (including phenoxy) is 2. The molecule has 0 unspecified atom stereocenters. The van der Waals surface area contributed by atoms with Gasteiger partial charge in [0.05, 0.1) is 12.7 Å². The molecule has 0 fully saturated rings. The quantitative estimate of drug-likeness (QED) is 0.607. The number of fused-ring (bicyclic) bond motifs is 1. The van der Waals surface area contributed by atoms with Crippen LogP contribution in [-0.2, 0) is 17.6 Å². The summed E-state index contributed by atoms with van der Waals surface area (Å²) in [4.78, 5) is 12.5. The van der Waals surface area contributed by atoms with Gasteiger partial charge in [0, 0.05) is 5.56 Å². The van der Waals surface area contributed by atoms with Crippen LogP contribution < -0.4 is 4.74 Å². The summed E-state index contributed by atoms with van der Waals surface area (Å²) in [7, 11) is 1.61. The molecule has 28 heavy (non-hydrogen) atoms. The lowest BCUT2D eigenvalue weighted by molar-refractivity contribution is 0.0279. The van der Waals surface area contributed by atoms with Crippen LogP contribution in [0, 0.1) is 0 Å². The number of hydrogen-bond donors (Lipinski definition) is 0. The lowest BCUT2D eigenvalue weighted by Crippen LogP contribution is -2.11. The fourth-order valence-electron chi connectivity index (χ4n) is 3.39. The molecule has 1 aliphatic rings. The predicted octanol–water partition coefficient (Wildman–Crippen LogP) is 4.54. The summed E-state index contributed by atoms with van der Waals surface area (Å²) in [6.07, 6.45) is 3.83. The van der Waals surface area contributed by atoms with Crippen molar-refractivity contribution < 1.29 is 18.7 Å². The number of methoxy groups -OCH3 is 1. The molecule has 1 aromatic heterocycles. The molecule has 0 saturated carbocycles. The third kappa shape index (κ3) is 3.76. The molecule has 6 nitrogen and oxygen atoms in total. The summed E-state index contributed by atoms with van der Waals surface area (Å²) in [5.74, 6) is 0.993. The van der Waals surface area contributed by atoms with Gasteiger partial charge in [0.25, 0.3) is 5.89 Å². The van der Waals surface area contributed by atoms with Gasteiger partial charge < -0.3 is 13.9 Å². The number of aryl methyl sites for hydroxylation is 2. The molecule has 0 spiro atoms. The monoisotopic (exact) mass is 378 g/mol. The number of rotatable bonds is 5. The fraction of sp³-hybridized carbons (Fsp3) is 0.318. The average molecular weight is 378 g/mol. The maximum absolute atomic E-state index is 12.5. The molecule has 3 aromatic rings. The molecule has 6 heteroatoms. The Balaban J connectivity index is 1.45.